The van der Waals surface area contributed by atoms with Gasteiger partial charge >= 0.3 is 0 Å². The first kappa shape index (κ1) is 7.79. The zero-order valence-corrected chi connectivity index (χ0v) is 7.05. The molecule has 0 saturated heterocycles. The van der Waals surface area contributed by atoms with Crippen LogP contribution in [0.2, 0.25) is 0 Å². The Kier molecular flexibility index (Phi) is 1.55. The highest BCUT2D eigenvalue weighted by molar-refractivity contribution is 5.73. The van der Waals surface area contributed by atoms with Gasteiger partial charge in [0.1, 0.15) is 5.65 Å². The van der Waals surface area contributed by atoms with E-state index in [1.165, 1.54) is 18.2 Å². The second-order valence-corrected chi connectivity index (χ2v) is 2.93. The summed E-state index contributed by atoms with van der Waals surface area (Å²) in [5.74, 6) is 0. The van der Waals surface area contributed by atoms with Gasteiger partial charge in [-0.1, -0.05) is 0 Å². The van der Waals surface area contributed by atoms with Crippen LogP contribution in [0.25, 0.3) is 11.0 Å². The number of nitrogens with one attached hydrogen (secondary N) is 2. The third kappa shape index (κ3) is 1.26. The van der Waals surface area contributed by atoms with Gasteiger partial charge in [0.05, 0.1) is 5.39 Å². The molecule has 4 heteroatoms. The van der Waals surface area contributed by atoms with E-state index >= 15 is 0 Å². The fraction of sp³-hybridized carbons (Fsp3) is 0.111. The summed E-state index contributed by atoms with van der Waals surface area (Å²) in [7, 11) is 0. The van der Waals surface area contributed by atoms with E-state index in [1.807, 2.05) is 0 Å². The van der Waals surface area contributed by atoms with Gasteiger partial charge in [0, 0.05) is 17.8 Å². The fourth-order valence-corrected chi connectivity index (χ4v) is 1.29. The second-order valence-electron chi connectivity index (χ2n) is 2.93. The van der Waals surface area contributed by atoms with Crippen LogP contribution in [-0.2, 0) is 0 Å². The third-order valence-electron chi connectivity index (χ3n) is 1.85. The van der Waals surface area contributed by atoms with E-state index in [4.69, 9.17) is 0 Å². The summed E-state index contributed by atoms with van der Waals surface area (Å²) < 4.78 is 0. The van der Waals surface area contributed by atoms with Crippen LogP contribution >= 0.6 is 0 Å². The van der Waals surface area contributed by atoms with Gasteiger partial charge in [0.2, 0.25) is 5.56 Å². The molecule has 0 aliphatic carbocycles. The molecule has 0 spiro atoms. The summed E-state index contributed by atoms with van der Waals surface area (Å²) in [5, 5.41) is 0.505. The molecule has 2 aromatic rings. The first-order valence-electron chi connectivity index (χ1n) is 3.90. The number of aromatic amines is 2. The van der Waals surface area contributed by atoms with E-state index in [-0.39, 0.29) is 11.0 Å². The Morgan fingerprint density at radius 3 is 2.69 bits per heavy atom. The number of hydrogen-bond donors (Lipinski definition) is 2. The highest BCUT2D eigenvalue weighted by Crippen LogP contribution is 2.00. The average Bonchev–Trinajstić information content (AvgIpc) is 2.02. The van der Waals surface area contributed by atoms with Crippen molar-refractivity contribution < 1.29 is 0 Å². The summed E-state index contributed by atoms with van der Waals surface area (Å²) in [6, 6.07) is 4.36. The largest absolute Gasteiger partial charge is 0.345 e. The Morgan fingerprint density at radius 2 is 1.92 bits per heavy atom. The van der Waals surface area contributed by atoms with Gasteiger partial charge in [0.15, 0.2) is 5.43 Å². The number of H-pyrrole nitrogens is 2. The highest BCUT2D eigenvalue weighted by Gasteiger charge is 1.99. The van der Waals surface area contributed by atoms with Gasteiger partial charge < -0.3 is 9.97 Å². The van der Waals surface area contributed by atoms with Crippen molar-refractivity contribution in [2.45, 2.75) is 6.92 Å². The van der Waals surface area contributed by atoms with Crippen molar-refractivity contribution >= 4 is 11.0 Å². The SMILES string of the molecule is Cc1cc(=O)c2ccc(=O)[nH]c2[nH]1. The molecule has 4 nitrogen and oxygen atoms in total. The van der Waals surface area contributed by atoms with Crippen LogP contribution in [0.3, 0.4) is 0 Å². The molecule has 2 N–H and O–H groups in total. The lowest BCUT2D eigenvalue weighted by atomic mass is 10.2. The van der Waals surface area contributed by atoms with E-state index in [1.54, 1.807) is 6.92 Å². The summed E-state index contributed by atoms with van der Waals surface area (Å²) in [5.41, 5.74) is 0.924. The number of hydrogen-bond acceptors (Lipinski definition) is 2. The van der Waals surface area contributed by atoms with Crippen LogP contribution < -0.4 is 11.0 Å². The maximum Gasteiger partial charge on any atom is 0.249 e. The molecule has 0 amide bonds. The minimum absolute atomic E-state index is 0.0810. The van der Waals surface area contributed by atoms with E-state index in [9.17, 15) is 9.59 Å². The van der Waals surface area contributed by atoms with E-state index in [0.717, 1.165) is 5.69 Å². The number of pyridine rings is 2. The van der Waals surface area contributed by atoms with E-state index in [0.29, 0.717) is 11.0 Å². The summed E-state index contributed by atoms with van der Waals surface area (Å²) in [6.07, 6.45) is 0. The van der Waals surface area contributed by atoms with Crippen molar-refractivity contribution in [2.24, 2.45) is 0 Å². The van der Waals surface area contributed by atoms with Gasteiger partial charge in [-0.2, -0.15) is 0 Å². The minimum Gasteiger partial charge on any atom is -0.345 e. The Labute approximate surface area is 73.2 Å². The normalized spacial score (nSPS) is 10.5. The van der Waals surface area contributed by atoms with Gasteiger partial charge in [-0.15, -0.1) is 0 Å². The number of aromatic nitrogens is 2. The van der Waals surface area contributed by atoms with Crippen molar-refractivity contribution in [3.05, 3.63) is 44.5 Å². The van der Waals surface area contributed by atoms with Crippen molar-refractivity contribution in [3.63, 3.8) is 0 Å². The third-order valence-corrected chi connectivity index (χ3v) is 1.85. The molecule has 0 fully saturated rings. The van der Waals surface area contributed by atoms with Crippen LogP contribution in [0.15, 0.2) is 27.8 Å². The number of aryl methyl sites for hydroxylation is 1. The van der Waals surface area contributed by atoms with Crippen LogP contribution in [0.1, 0.15) is 5.69 Å². The first-order valence-corrected chi connectivity index (χ1v) is 3.90. The lowest BCUT2D eigenvalue weighted by Gasteiger charge is -1.97. The maximum absolute atomic E-state index is 11.4. The molecule has 0 unspecified atom stereocenters. The minimum atomic E-state index is -0.214. The molecule has 0 aromatic carbocycles. The molecule has 2 aromatic heterocycles. The Hall–Kier alpha value is -1.84. The van der Waals surface area contributed by atoms with E-state index < -0.39 is 0 Å². The van der Waals surface area contributed by atoms with Crippen LogP contribution in [-0.4, -0.2) is 9.97 Å². The predicted octanol–water partition coefficient (Wildman–Crippen LogP) is 0.525. The topological polar surface area (TPSA) is 65.7 Å². The molecular weight excluding hydrogens is 168 g/mol. The van der Waals surface area contributed by atoms with Crippen LogP contribution in [0.4, 0.5) is 0 Å². The molecular formula is C9H8N2O2. The Balaban J connectivity index is 3.03. The van der Waals surface area contributed by atoms with Gasteiger partial charge in [-0.05, 0) is 13.0 Å². The first-order chi connectivity index (χ1) is 6.16. The number of rotatable bonds is 0. The monoisotopic (exact) mass is 176 g/mol. The average molecular weight is 176 g/mol. The van der Waals surface area contributed by atoms with Gasteiger partial charge in [-0.3, -0.25) is 9.59 Å². The number of fused-ring (bicyclic) bond motifs is 1. The van der Waals surface area contributed by atoms with Gasteiger partial charge in [0.25, 0.3) is 0 Å². The quantitative estimate of drug-likeness (QED) is 0.614. The van der Waals surface area contributed by atoms with Crippen molar-refractivity contribution in [1.29, 1.82) is 0 Å². The summed E-state index contributed by atoms with van der Waals surface area (Å²) in [4.78, 5) is 27.8. The maximum atomic E-state index is 11.4. The Bertz CT molecular complexity index is 566. The zero-order valence-electron chi connectivity index (χ0n) is 7.05. The van der Waals surface area contributed by atoms with Crippen LogP contribution in [0.5, 0.6) is 0 Å². The molecule has 2 heterocycles. The lowest BCUT2D eigenvalue weighted by molar-refractivity contribution is 1.17. The smallest absolute Gasteiger partial charge is 0.249 e. The summed E-state index contributed by atoms with van der Waals surface area (Å²) in [6.45, 7) is 1.77. The molecule has 0 atom stereocenters. The molecule has 0 radical (unpaired) electrons. The molecule has 0 saturated carbocycles. The molecule has 13 heavy (non-hydrogen) atoms. The van der Waals surface area contributed by atoms with Gasteiger partial charge in [-0.25, -0.2) is 0 Å². The molecule has 2 rings (SSSR count). The standard InChI is InChI=1S/C9H8N2O2/c1-5-4-7(12)6-2-3-8(13)11-9(6)10-5/h2-4H,1H3,(H2,10,11,12,13). The second kappa shape index (κ2) is 2.58. The van der Waals surface area contributed by atoms with Crippen molar-refractivity contribution in [2.75, 3.05) is 0 Å². The molecule has 0 aliphatic heterocycles. The van der Waals surface area contributed by atoms with E-state index in [2.05, 4.69) is 9.97 Å². The fourth-order valence-electron chi connectivity index (χ4n) is 1.29. The Morgan fingerprint density at radius 1 is 1.15 bits per heavy atom. The lowest BCUT2D eigenvalue weighted by Crippen LogP contribution is -2.10. The van der Waals surface area contributed by atoms with Crippen LogP contribution in [0, 0.1) is 6.92 Å². The molecule has 0 bridgehead atoms. The molecule has 0 aliphatic rings. The highest BCUT2D eigenvalue weighted by atomic mass is 16.1. The van der Waals surface area contributed by atoms with Crippen molar-refractivity contribution in [1.82, 2.24) is 9.97 Å². The van der Waals surface area contributed by atoms with Crippen molar-refractivity contribution in [3.8, 4) is 0 Å². The summed E-state index contributed by atoms with van der Waals surface area (Å²) >= 11 is 0. The zero-order chi connectivity index (χ0) is 9.42. The molecule has 66 valence electrons. The predicted molar refractivity (Wildman–Crippen MR) is 49.9 cm³/mol.